The Hall–Kier alpha value is -0.970. The van der Waals surface area contributed by atoms with Gasteiger partial charge in [0.1, 0.15) is 0 Å². The maximum Gasteiger partial charge on any atom is 0.317 e. The van der Waals surface area contributed by atoms with Crippen molar-refractivity contribution in [3.05, 3.63) is 33.8 Å². The molecule has 1 aromatic rings. The number of rotatable bonds is 5. The number of aliphatic hydroxyl groups excluding tert-OH is 1. The maximum atomic E-state index is 12.1. The summed E-state index contributed by atoms with van der Waals surface area (Å²) in [6.07, 6.45) is -0.567. The SMILES string of the molecule is CC(O)CN(C(=O)NCc1ccc(Cl)cc1Cl)C(C)C. The minimum absolute atomic E-state index is 0.00490. The zero-order valence-electron chi connectivity index (χ0n) is 11.9. The van der Waals surface area contributed by atoms with E-state index in [1.807, 2.05) is 13.8 Å². The van der Waals surface area contributed by atoms with Crippen molar-refractivity contribution in [2.75, 3.05) is 6.54 Å². The molecule has 1 atom stereocenters. The normalized spacial score (nSPS) is 12.3. The number of nitrogens with zero attached hydrogens (tertiary/aromatic N) is 1. The van der Waals surface area contributed by atoms with Crippen molar-refractivity contribution in [1.82, 2.24) is 10.2 Å². The fraction of sp³-hybridized carbons (Fsp3) is 0.500. The van der Waals surface area contributed by atoms with Crippen molar-refractivity contribution in [3.63, 3.8) is 0 Å². The number of amides is 2. The van der Waals surface area contributed by atoms with Crippen molar-refractivity contribution in [2.24, 2.45) is 0 Å². The lowest BCUT2D eigenvalue weighted by Crippen LogP contribution is -2.46. The third-order valence-corrected chi connectivity index (χ3v) is 3.38. The van der Waals surface area contributed by atoms with Gasteiger partial charge in [-0.2, -0.15) is 0 Å². The summed E-state index contributed by atoms with van der Waals surface area (Å²) in [5.74, 6) is 0. The van der Waals surface area contributed by atoms with Crippen LogP contribution >= 0.6 is 23.2 Å². The summed E-state index contributed by atoms with van der Waals surface area (Å²) in [5, 5.41) is 13.3. The van der Waals surface area contributed by atoms with Gasteiger partial charge in [0.15, 0.2) is 0 Å². The molecule has 0 bridgehead atoms. The van der Waals surface area contributed by atoms with Gasteiger partial charge in [0, 0.05) is 29.2 Å². The third kappa shape index (κ3) is 5.19. The smallest absolute Gasteiger partial charge is 0.317 e. The Bertz CT molecular complexity index is 464. The second-order valence-electron chi connectivity index (χ2n) is 4.99. The molecule has 2 amide bonds. The van der Waals surface area contributed by atoms with Crippen LogP contribution in [0.25, 0.3) is 0 Å². The van der Waals surface area contributed by atoms with Crippen LogP contribution in [0, 0.1) is 0 Å². The molecule has 0 radical (unpaired) electrons. The predicted octanol–water partition coefficient (Wildman–Crippen LogP) is 3.29. The predicted molar refractivity (Wildman–Crippen MR) is 82.2 cm³/mol. The summed E-state index contributed by atoms with van der Waals surface area (Å²) in [6.45, 7) is 6.06. The van der Waals surface area contributed by atoms with Crippen LogP contribution in [-0.4, -0.2) is 34.7 Å². The first-order chi connectivity index (χ1) is 9.31. The number of benzene rings is 1. The highest BCUT2D eigenvalue weighted by Crippen LogP contribution is 2.20. The van der Waals surface area contributed by atoms with Crippen molar-refractivity contribution in [1.29, 1.82) is 0 Å². The first kappa shape index (κ1) is 17.1. The standard InChI is InChI=1S/C14H20Cl2N2O2/c1-9(2)18(8-10(3)19)14(20)17-7-11-4-5-12(15)6-13(11)16/h4-6,9-10,19H,7-8H2,1-3H3,(H,17,20). The Morgan fingerprint density at radius 1 is 1.35 bits per heavy atom. The van der Waals surface area contributed by atoms with Gasteiger partial charge in [-0.3, -0.25) is 0 Å². The Morgan fingerprint density at radius 3 is 2.50 bits per heavy atom. The van der Waals surface area contributed by atoms with Crippen LogP contribution in [0.1, 0.15) is 26.3 Å². The molecule has 4 nitrogen and oxygen atoms in total. The lowest BCUT2D eigenvalue weighted by molar-refractivity contribution is 0.119. The van der Waals surface area contributed by atoms with Gasteiger partial charge in [0.2, 0.25) is 0 Å². The highest BCUT2D eigenvalue weighted by Gasteiger charge is 2.18. The van der Waals surface area contributed by atoms with E-state index in [1.165, 1.54) is 0 Å². The molecule has 0 saturated heterocycles. The van der Waals surface area contributed by atoms with E-state index in [0.717, 1.165) is 5.56 Å². The zero-order chi connectivity index (χ0) is 15.3. The van der Waals surface area contributed by atoms with Gasteiger partial charge in [-0.05, 0) is 38.5 Å². The summed E-state index contributed by atoms with van der Waals surface area (Å²) in [5.41, 5.74) is 0.796. The van der Waals surface area contributed by atoms with Crippen molar-refractivity contribution >= 4 is 29.2 Å². The number of nitrogens with one attached hydrogen (secondary N) is 1. The lowest BCUT2D eigenvalue weighted by Gasteiger charge is -2.28. The van der Waals surface area contributed by atoms with E-state index in [4.69, 9.17) is 23.2 Å². The summed E-state index contributed by atoms with van der Waals surface area (Å²) < 4.78 is 0. The molecule has 0 aromatic heterocycles. The van der Waals surface area contributed by atoms with Gasteiger partial charge >= 0.3 is 6.03 Å². The summed E-state index contributed by atoms with van der Waals surface area (Å²) >= 11 is 11.9. The molecule has 20 heavy (non-hydrogen) atoms. The first-order valence-electron chi connectivity index (χ1n) is 6.47. The second kappa shape index (κ2) is 7.72. The van der Waals surface area contributed by atoms with Crippen LogP contribution < -0.4 is 5.32 Å². The number of hydrogen-bond donors (Lipinski definition) is 2. The quantitative estimate of drug-likeness (QED) is 0.875. The second-order valence-corrected chi connectivity index (χ2v) is 5.83. The number of carbonyl (C=O) groups is 1. The fourth-order valence-corrected chi connectivity index (χ4v) is 2.23. The van der Waals surface area contributed by atoms with E-state index >= 15 is 0 Å². The minimum atomic E-state index is -0.567. The van der Waals surface area contributed by atoms with Crippen LogP contribution in [0.15, 0.2) is 18.2 Å². The first-order valence-corrected chi connectivity index (χ1v) is 7.23. The van der Waals surface area contributed by atoms with Crippen molar-refractivity contribution < 1.29 is 9.90 Å². The topological polar surface area (TPSA) is 52.6 Å². The van der Waals surface area contributed by atoms with Crippen LogP contribution in [0.2, 0.25) is 10.0 Å². The number of carbonyl (C=O) groups excluding carboxylic acids is 1. The monoisotopic (exact) mass is 318 g/mol. The van der Waals surface area contributed by atoms with Gasteiger partial charge in [-0.25, -0.2) is 4.79 Å². The van der Waals surface area contributed by atoms with Gasteiger partial charge in [-0.1, -0.05) is 29.3 Å². The molecular weight excluding hydrogens is 299 g/mol. The van der Waals surface area contributed by atoms with E-state index in [9.17, 15) is 9.90 Å². The molecule has 0 saturated carbocycles. The minimum Gasteiger partial charge on any atom is -0.392 e. The Morgan fingerprint density at radius 2 is 2.00 bits per heavy atom. The van der Waals surface area contributed by atoms with E-state index in [1.54, 1.807) is 30.0 Å². The van der Waals surface area contributed by atoms with E-state index in [-0.39, 0.29) is 18.6 Å². The number of urea groups is 1. The van der Waals surface area contributed by atoms with Gasteiger partial charge in [-0.15, -0.1) is 0 Å². The molecule has 0 aliphatic heterocycles. The molecule has 6 heteroatoms. The third-order valence-electron chi connectivity index (χ3n) is 2.79. The van der Waals surface area contributed by atoms with Crippen LogP contribution in [-0.2, 0) is 6.54 Å². The average Bonchev–Trinajstić information content (AvgIpc) is 2.34. The van der Waals surface area contributed by atoms with Crippen LogP contribution in [0.5, 0.6) is 0 Å². The van der Waals surface area contributed by atoms with Crippen LogP contribution in [0.4, 0.5) is 4.79 Å². The molecule has 0 aliphatic rings. The Kier molecular flexibility index (Phi) is 6.59. The molecule has 1 unspecified atom stereocenters. The van der Waals surface area contributed by atoms with Gasteiger partial charge in [0.05, 0.1) is 6.10 Å². The van der Waals surface area contributed by atoms with Gasteiger partial charge < -0.3 is 15.3 Å². The Labute approximate surface area is 129 Å². The zero-order valence-corrected chi connectivity index (χ0v) is 13.4. The highest BCUT2D eigenvalue weighted by molar-refractivity contribution is 6.35. The lowest BCUT2D eigenvalue weighted by atomic mass is 10.2. The van der Waals surface area contributed by atoms with Gasteiger partial charge in [0.25, 0.3) is 0 Å². The molecule has 0 heterocycles. The van der Waals surface area contributed by atoms with Crippen molar-refractivity contribution in [3.8, 4) is 0 Å². The molecule has 2 N–H and O–H groups in total. The van der Waals surface area contributed by atoms with E-state index in [2.05, 4.69) is 5.32 Å². The molecule has 112 valence electrons. The molecule has 0 fully saturated rings. The molecular formula is C14H20Cl2N2O2. The highest BCUT2D eigenvalue weighted by atomic mass is 35.5. The number of aliphatic hydroxyl groups is 1. The molecule has 1 aromatic carbocycles. The molecule has 0 spiro atoms. The van der Waals surface area contributed by atoms with E-state index in [0.29, 0.717) is 16.6 Å². The summed E-state index contributed by atoms with van der Waals surface area (Å²) in [7, 11) is 0. The van der Waals surface area contributed by atoms with Crippen molar-refractivity contribution in [2.45, 2.75) is 39.5 Å². The summed E-state index contributed by atoms with van der Waals surface area (Å²) in [4.78, 5) is 13.7. The number of halogens is 2. The Balaban J connectivity index is 2.65. The molecule has 0 aliphatic carbocycles. The maximum absolute atomic E-state index is 12.1. The number of hydrogen-bond acceptors (Lipinski definition) is 2. The van der Waals surface area contributed by atoms with E-state index < -0.39 is 6.10 Å². The molecule has 1 rings (SSSR count). The summed E-state index contributed by atoms with van der Waals surface area (Å²) in [6, 6.07) is 4.92. The largest absolute Gasteiger partial charge is 0.392 e. The average molecular weight is 319 g/mol. The van der Waals surface area contributed by atoms with Crippen LogP contribution in [0.3, 0.4) is 0 Å². The fourth-order valence-electron chi connectivity index (χ4n) is 1.75.